The van der Waals surface area contributed by atoms with Crippen LogP contribution < -0.4 is 16.4 Å². The summed E-state index contributed by atoms with van der Waals surface area (Å²) in [7, 11) is 0. The minimum Gasteiger partial charge on any atom is -0.409 e. The molecule has 0 aliphatic rings. The molecule has 94 valence electrons. The lowest BCUT2D eigenvalue weighted by molar-refractivity contribution is -0.123. The number of nitrogens with two attached hydrogens (primary N) is 1. The smallest absolute Gasteiger partial charge is 0.237 e. The van der Waals surface area contributed by atoms with Crippen LogP contribution in [0.15, 0.2) is 5.16 Å². The normalized spacial score (nSPS) is 13.9. The van der Waals surface area contributed by atoms with Gasteiger partial charge in [-0.05, 0) is 33.7 Å². The fourth-order valence-electron chi connectivity index (χ4n) is 1.14. The number of hydrogen-bond donors (Lipinski definition) is 4. The molecular weight excluding hydrogens is 208 g/mol. The number of carbonyl (C=O) groups is 1. The molecule has 1 unspecified atom stereocenters. The molecule has 0 saturated carbocycles. The molecule has 0 bridgehead atoms. The van der Waals surface area contributed by atoms with Gasteiger partial charge in [-0.2, -0.15) is 0 Å². The molecule has 1 atom stereocenters. The van der Waals surface area contributed by atoms with E-state index < -0.39 is 0 Å². The maximum atomic E-state index is 11.5. The first kappa shape index (κ1) is 14.7. The highest BCUT2D eigenvalue weighted by Crippen LogP contribution is 1.90. The van der Waals surface area contributed by atoms with E-state index in [1.165, 1.54) is 0 Å². The van der Waals surface area contributed by atoms with Crippen molar-refractivity contribution in [3.63, 3.8) is 0 Å². The molecule has 6 nitrogen and oxygen atoms in total. The summed E-state index contributed by atoms with van der Waals surface area (Å²) in [5, 5.41) is 17.1. The van der Waals surface area contributed by atoms with Crippen molar-refractivity contribution < 1.29 is 10.0 Å². The molecule has 0 aromatic rings. The van der Waals surface area contributed by atoms with Crippen molar-refractivity contribution in [3.05, 3.63) is 0 Å². The molecule has 6 heteroatoms. The fourth-order valence-corrected chi connectivity index (χ4v) is 1.14. The highest BCUT2D eigenvalue weighted by atomic mass is 16.4. The predicted octanol–water partition coefficient (Wildman–Crippen LogP) is 0.0157. The van der Waals surface area contributed by atoms with Gasteiger partial charge in [-0.25, -0.2) is 0 Å². The largest absolute Gasteiger partial charge is 0.409 e. The second-order valence-corrected chi connectivity index (χ2v) is 4.03. The first-order valence-corrected chi connectivity index (χ1v) is 5.47. The van der Waals surface area contributed by atoms with E-state index in [1.54, 1.807) is 6.92 Å². The molecule has 16 heavy (non-hydrogen) atoms. The van der Waals surface area contributed by atoms with Gasteiger partial charge in [0, 0.05) is 12.5 Å². The Balaban J connectivity index is 3.65. The molecule has 0 aliphatic heterocycles. The molecule has 0 aromatic heterocycles. The first-order chi connectivity index (χ1) is 7.47. The summed E-state index contributed by atoms with van der Waals surface area (Å²) >= 11 is 0. The third-order valence-corrected chi connectivity index (χ3v) is 2.01. The second kappa shape index (κ2) is 7.92. The maximum absolute atomic E-state index is 11.5. The topological polar surface area (TPSA) is 99.7 Å². The molecule has 0 aliphatic carbocycles. The van der Waals surface area contributed by atoms with Crippen molar-refractivity contribution in [2.24, 2.45) is 10.9 Å². The number of oxime groups is 1. The summed E-state index contributed by atoms with van der Waals surface area (Å²) in [5.41, 5.74) is 5.31. The first-order valence-electron chi connectivity index (χ1n) is 5.47. The average molecular weight is 230 g/mol. The lowest BCUT2D eigenvalue weighted by atomic mass is 10.2. The van der Waals surface area contributed by atoms with Gasteiger partial charge in [0.25, 0.3) is 0 Å². The Bertz CT molecular complexity index is 241. The van der Waals surface area contributed by atoms with Crippen LogP contribution in [-0.2, 0) is 4.79 Å². The van der Waals surface area contributed by atoms with Crippen LogP contribution in [0.2, 0.25) is 0 Å². The summed E-state index contributed by atoms with van der Waals surface area (Å²) in [6.07, 6.45) is 1.25. The van der Waals surface area contributed by atoms with E-state index in [4.69, 9.17) is 10.9 Å². The van der Waals surface area contributed by atoms with Gasteiger partial charge in [-0.15, -0.1) is 0 Å². The molecule has 0 aromatic carbocycles. The average Bonchev–Trinajstić information content (AvgIpc) is 2.22. The van der Waals surface area contributed by atoms with E-state index in [-0.39, 0.29) is 23.8 Å². The summed E-state index contributed by atoms with van der Waals surface area (Å²) in [6.45, 7) is 6.30. The predicted molar refractivity (Wildman–Crippen MR) is 63.4 cm³/mol. The van der Waals surface area contributed by atoms with Crippen molar-refractivity contribution in [1.82, 2.24) is 10.6 Å². The van der Waals surface area contributed by atoms with Gasteiger partial charge < -0.3 is 21.6 Å². The van der Waals surface area contributed by atoms with Gasteiger partial charge in [-0.1, -0.05) is 5.16 Å². The number of rotatable bonds is 7. The molecule has 0 radical (unpaired) electrons. The number of nitrogens with zero attached hydrogens (tertiary/aromatic N) is 1. The zero-order valence-corrected chi connectivity index (χ0v) is 10.2. The molecule has 1 amide bonds. The fraction of sp³-hybridized carbons (Fsp3) is 0.800. The quantitative estimate of drug-likeness (QED) is 0.163. The lowest BCUT2D eigenvalue weighted by Gasteiger charge is -2.15. The highest BCUT2D eigenvalue weighted by Gasteiger charge is 2.11. The van der Waals surface area contributed by atoms with Crippen LogP contribution in [0.25, 0.3) is 0 Å². The zero-order chi connectivity index (χ0) is 12.6. The second-order valence-electron chi connectivity index (χ2n) is 4.03. The van der Waals surface area contributed by atoms with Crippen LogP contribution in [0.3, 0.4) is 0 Å². The summed E-state index contributed by atoms with van der Waals surface area (Å²) in [5.74, 6) is 0.194. The Labute approximate surface area is 96.3 Å². The van der Waals surface area contributed by atoms with Gasteiger partial charge in [0.2, 0.25) is 5.91 Å². The minimum absolute atomic E-state index is 0.0150. The molecule has 0 saturated heterocycles. The Kier molecular flexibility index (Phi) is 7.28. The third-order valence-electron chi connectivity index (χ3n) is 2.01. The third kappa shape index (κ3) is 7.05. The van der Waals surface area contributed by atoms with Crippen molar-refractivity contribution in [1.29, 1.82) is 0 Å². The molecule has 0 heterocycles. The molecule has 0 spiro atoms. The number of nitrogens with one attached hydrogen (secondary N) is 2. The Morgan fingerprint density at radius 2 is 2.06 bits per heavy atom. The van der Waals surface area contributed by atoms with Crippen LogP contribution in [0.1, 0.15) is 33.6 Å². The minimum atomic E-state index is -0.227. The Morgan fingerprint density at radius 1 is 1.44 bits per heavy atom. The molecule has 0 fully saturated rings. The molecular formula is C10H22N4O2. The van der Waals surface area contributed by atoms with Crippen LogP contribution in [-0.4, -0.2) is 35.6 Å². The van der Waals surface area contributed by atoms with Crippen LogP contribution >= 0.6 is 0 Å². The van der Waals surface area contributed by atoms with Gasteiger partial charge in [-0.3, -0.25) is 4.79 Å². The summed E-state index contributed by atoms with van der Waals surface area (Å²) in [4.78, 5) is 11.5. The SMILES string of the molecule is CC(C)NC(=O)C(C)NCCCC(N)=NO. The van der Waals surface area contributed by atoms with Crippen LogP contribution in [0.4, 0.5) is 0 Å². The summed E-state index contributed by atoms with van der Waals surface area (Å²) in [6, 6.07) is -0.0800. The van der Waals surface area contributed by atoms with E-state index in [0.717, 1.165) is 6.42 Å². The Hall–Kier alpha value is -1.30. The highest BCUT2D eigenvalue weighted by molar-refractivity contribution is 5.81. The van der Waals surface area contributed by atoms with E-state index in [1.807, 2.05) is 13.8 Å². The monoisotopic (exact) mass is 230 g/mol. The van der Waals surface area contributed by atoms with E-state index in [2.05, 4.69) is 15.8 Å². The molecule has 5 N–H and O–H groups in total. The van der Waals surface area contributed by atoms with Gasteiger partial charge in [0.05, 0.1) is 6.04 Å². The Morgan fingerprint density at radius 3 is 2.56 bits per heavy atom. The van der Waals surface area contributed by atoms with Crippen LogP contribution in [0.5, 0.6) is 0 Å². The van der Waals surface area contributed by atoms with Crippen molar-refractivity contribution in [2.45, 2.75) is 45.7 Å². The zero-order valence-electron chi connectivity index (χ0n) is 10.2. The number of amides is 1. The van der Waals surface area contributed by atoms with Gasteiger partial charge in [0.15, 0.2) is 0 Å². The van der Waals surface area contributed by atoms with Crippen molar-refractivity contribution in [2.75, 3.05) is 6.54 Å². The number of amidine groups is 1. The van der Waals surface area contributed by atoms with Crippen LogP contribution in [0, 0.1) is 0 Å². The van der Waals surface area contributed by atoms with Crippen molar-refractivity contribution >= 4 is 11.7 Å². The van der Waals surface area contributed by atoms with Crippen molar-refractivity contribution in [3.8, 4) is 0 Å². The lowest BCUT2D eigenvalue weighted by Crippen LogP contribution is -2.45. The van der Waals surface area contributed by atoms with E-state index in [0.29, 0.717) is 13.0 Å². The van der Waals surface area contributed by atoms with Gasteiger partial charge >= 0.3 is 0 Å². The van der Waals surface area contributed by atoms with Gasteiger partial charge in [0.1, 0.15) is 5.84 Å². The standard InChI is InChI=1S/C10H22N4O2/c1-7(2)13-10(15)8(3)12-6-4-5-9(11)14-16/h7-8,12,16H,4-6H2,1-3H3,(H2,11,14)(H,13,15). The number of hydrogen-bond acceptors (Lipinski definition) is 4. The van der Waals surface area contributed by atoms with E-state index in [9.17, 15) is 4.79 Å². The summed E-state index contributed by atoms with van der Waals surface area (Å²) < 4.78 is 0. The maximum Gasteiger partial charge on any atom is 0.237 e. The van der Waals surface area contributed by atoms with E-state index >= 15 is 0 Å². The number of carbonyl (C=O) groups excluding carboxylic acids is 1. The molecule has 0 rings (SSSR count).